The summed E-state index contributed by atoms with van der Waals surface area (Å²) in [5.74, 6) is -0.285. The summed E-state index contributed by atoms with van der Waals surface area (Å²) in [6.07, 6.45) is 0.771. The van der Waals surface area contributed by atoms with E-state index in [1.807, 2.05) is 39.8 Å². The molecule has 0 fully saturated rings. The third-order valence-corrected chi connectivity index (χ3v) is 6.31. The molecule has 0 aromatic heterocycles. The average molecular weight is 375 g/mol. The first kappa shape index (κ1) is 20.0. The Kier molecular flexibility index (Phi) is 5.76. The molecule has 0 bridgehead atoms. The number of nitrogens with one attached hydrogen (secondary N) is 1. The maximum absolute atomic E-state index is 13.0. The first-order valence-electron chi connectivity index (χ1n) is 8.55. The van der Waals surface area contributed by atoms with Crippen molar-refractivity contribution in [3.05, 3.63) is 59.7 Å². The molecular formula is C20H26N2O3S. The molecule has 1 N–H and O–H groups in total. The van der Waals surface area contributed by atoms with E-state index in [9.17, 15) is 13.2 Å². The SMILES string of the molecule is CCC(C)(C)NC(=O)c1cccc(S(=O)(=O)N(C)c2ccccc2C)c1. The molecule has 2 rings (SSSR count). The van der Waals surface area contributed by atoms with Crippen molar-refractivity contribution in [2.24, 2.45) is 0 Å². The van der Waals surface area contributed by atoms with Crippen molar-refractivity contribution >= 4 is 21.6 Å². The summed E-state index contributed by atoms with van der Waals surface area (Å²) in [6.45, 7) is 7.70. The lowest BCUT2D eigenvalue weighted by molar-refractivity contribution is 0.0911. The van der Waals surface area contributed by atoms with Gasteiger partial charge in [-0.25, -0.2) is 8.42 Å². The van der Waals surface area contributed by atoms with Gasteiger partial charge in [-0.15, -0.1) is 0 Å². The summed E-state index contributed by atoms with van der Waals surface area (Å²) >= 11 is 0. The van der Waals surface area contributed by atoms with Crippen molar-refractivity contribution in [3.8, 4) is 0 Å². The minimum atomic E-state index is -3.77. The molecule has 6 heteroatoms. The van der Waals surface area contributed by atoms with Crippen LogP contribution in [0.2, 0.25) is 0 Å². The van der Waals surface area contributed by atoms with Gasteiger partial charge in [0.25, 0.3) is 15.9 Å². The molecule has 0 heterocycles. The zero-order valence-corrected chi connectivity index (χ0v) is 16.7. The lowest BCUT2D eigenvalue weighted by Gasteiger charge is -2.25. The number of para-hydroxylation sites is 1. The highest BCUT2D eigenvalue weighted by molar-refractivity contribution is 7.92. The molecule has 2 aromatic rings. The van der Waals surface area contributed by atoms with Crippen LogP contribution in [0.1, 0.15) is 43.1 Å². The molecule has 140 valence electrons. The van der Waals surface area contributed by atoms with Crippen LogP contribution < -0.4 is 9.62 Å². The van der Waals surface area contributed by atoms with Gasteiger partial charge in [0, 0.05) is 18.2 Å². The van der Waals surface area contributed by atoms with Crippen molar-refractivity contribution in [2.75, 3.05) is 11.4 Å². The van der Waals surface area contributed by atoms with Crippen LogP contribution >= 0.6 is 0 Å². The number of benzene rings is 2. The van der Waals surface area contributed by atoms with Gasteiger partial charge in [-0.05, 0) is 57.0 Å². The molecule has 0 aliphatic rings. The Morgan fingerprint density at radius 1 is 1.12 bits per heavy atom. The standard InChI is InChI=1S/C20H26N2O3S/c1-6-20(3,4)21-19(23)16-11-9-12-17(14-16)26(24,25)22(5)18-13-8-7-10-15(18)2/h7-14H,6H2,1-5H3,(H,21,23). The quantitative estimate of drug-likeness (QED) is 0.838. The van der Waals surface area contributed by atoms with E-state index in [0.717, 1.165) is 12.0 Å². The van der Waals surface area contributed by atoms with Gasteiger partial charge in [0.1, 0.15) is 0 Å². The number of nitrogens with zero attached hydrogens (tertiary/aromatic N) is 1. The molecule has 0 spiro atoms. The van der Waals surface area contributed by atoms with Crippen LogP contribution in [0.4, 0.5) is 5.69 Å². The molecule has 0 aliphatic heterocycles. The van der Waals surface area contributed by atoms with E-state index in [1.54, 1.807) is 24.3 Å². The van der Waals surface area contributed by atoms with Crippen LogP contribution in [0, 0.1) is 6.92 Å². The molecule has 1 amide bonds. The van der Waals surface area contributed by atoms with E-state index in [4.69, 9.17) is 0 Å². The summed E-state index contributed by atoms with van der Waals surface area (Å²) in [7, 11) is -2.25. The number of aryl methyl sites for hydroxylation is 1. The van der Waals surface area contributed by atoms with Crippen molar-refractivity contribution < 1.29 is 13.2 Å². The zero-order valence-electron chi connectivity index (χ0n) is 15.9. The highest BCUT2D eigenvalue weighted by atomic mass is 32.2. The number of carbonyl (C=O) groups excluding carboxylic acids is 1. The van der Waals surface area contributed by atoms with Gasteiger partial charge >= 0.3 is 0 Å². The predicted molar refractivity (Wildman–Crippen MR) is 105 cm³/mol. The number of rotatable bonds is 6. The maximum Gasteiger partial charge on any atom is 0.264 e. The first-order valence-corrected chi connectivity index (χ1v) is 9.99. The number of hydrogen-bond donors (Lipinski definition) is 1. The largest absolute Gasteiger partial charge is 0.347 e. The Hall–Kier alpha value is -2.34. The number of amides is 1. The summed E-state index contributed by atoms with van der Waals surface area (Å²) in [6, 6.07) is 13.4. The van der Waals surface area contributed by atoms with Crippen LogP contribution in [0.25, 0.3) is 0 Å². The molecule has 0 atom stereocenters. The van der Waals surface area contributed by atoms with Crippen molar-refractivity contribution in [3.63, 3.8) is 0 Å². The van der Waals surface area contributed by atoms with Gasteiger partial charge in [-0.3, -0.25) is 9.10 Å². The minimum Gasteiger partial charge on any atom is -0.347 e. The average Bonchev–Trinajstić information content (AvgIpc) is 2.61. The Morgan fingerprint density at radius 2 is 1.77 bits per heavy atom. The topological polar surface area (TPSA) is 66.5 Å². The third kappa shape index (κ3) is 4.25. The fraction of sp³-hybridized carbons (Fsp3) is 0.350. The van der Waals surface area contributed by atoms with Gasteiger partial charge in [0.05, 0.1) is 10.6 Å². The van der Waals surface area contributed by atoms with Crippen LogP contribution in [-0.2, 0) is 10.0 Å². The van der Waals surface area contributed by atoms with Crippen LogP contribution in [-0.4, -0.2) is 26.9 Å². The Bertz CT molecular complexity index is 905. The maximum atomic E-state index is 13.0. The Labute approximate surface area is 156 Å². The van der Waals surface area contributed by atoms with E-state index in [0.29, 0.717) is 11.3 Å². The zero-order chi connectivity index (χ0) is 19.5. The molecule has 2 aromatic carbocycles. The van der Waals surface area contributed by atoms with Crippen LogP contribution in [0.15, 0.2) is 53.4 Å². The second-order valence-corrected chi connectivity index (χ2v) is 8.95. The van der Waals surface area contributed by atoms with E-state index in [1.165, 1.54) is 23.5 Å². The lowest BCUT2D eigenvalue weighted by Crippen LogP contribution is -2.42. The summed E-state index contributed by atoms with van der Waals surface area (Å²) in [5, 5.41) is 2.92. The van der Waals surface area contributed by atoms with E-state index < -0.39 is 10.0 Å². The second kappa shape index (κ2) is 7.50. The second-order valence-electron chi connectivity index (χ2n) is 6.98. The van der Waals surface area contributed by atoms with E-state index in [2.05, 4.69) is 5.32 Å². The highest BCUT2D eigenvalue weighted by Crippen LogP contribution is 2.25. The Morgan fingerprint density at radius 3 is 2.38 bits per heavy atom. The summed E-state index contributed by atoms with van der Waals surface area (Å²) in [4.78, 5) is 12.6. The minimum absolute atomic E-state index is 0.0882. The van der Waals surface area contributed by atoms with Crippen LogP contribution in [0.5, 0.6) is 0 Å². The number of sulfonamides is 1. The number of hydrogen-bond acceptors (Lipinski definition) is 3. The smallest absolute Gasteiger partial charge is 0.264 e. The highest BCUT2D eigenvalue weighted by Gasteiger charge is 2.24. The monoisotopic (exact) mass is 374 g/mol. The van der Waals surface area contributed by atoms with Gasteiger partial charge in [-0.2, -0.15) is 0 Å². The molecule has 0 aliphatic carbocycles. The van der Waals surface area contributed by atoms with Crippen LogP contribution in [0.3, 0.4) is 0 Å². The van der Waals surface area contributed by atoms with Crippen molar-refractivity contribution in [1.82, 2.24) is 5.32 Å². The van der Waals surface area contributed by atoms with E-state index >= 15 is 0 Å². The molecule has 0 unspecified atom stereocenters. The predicted octanol–water partition coefficient (Wildman–Crippen LogP) is 3.74. The van der Waals surface area contributed by atoms with Gasteiger partial charge in [-0.1, -0.05) is 31.2 Å². The number of anilines is 1. The summed E-state index contributed by atoms with van der Waals surface area (Å²) < 4.78 is 27.2. The van der Waals surface area contributed by atoms with E-state index in [-0.39, 0.29) is 16.3 Å². The lowest BCUT2D eigenvalue weighted by atomic mass is 10.0. The Balaban J connectivity index is 2.37. The molecular weight excluding hydrogens is 348 g/mol. The van der Waals surface area contributed by atoms with Gasteiger partial charge in [0.2, 0.25) is 0 Å². The fourth-order valence-corrected chi connectivity index (χ4v) is 3.78. The van der Waals surface area contributed by atoms with Crippen molar-refractivity contribution in [2.45, 2.75) is 44.6 Å². The van der Waals surface area contributed by atoms with Gasteiger partial charge < -0.3 is 5.32 Å². The molecule has 0 saturated heterocycles. The molecule has 5 nitrogen and oxygen atoms in total. The van der Waals surface area contributed by atoms with Crippen molar-refractivity contribution in [1.29, 1.82) is 0 Å². The number of carbonyl (C=O) groups is 1. The normalized spacial score (nSPS) is 11.9. The fourth-order valence-electron chi connectivity index (χ4n) is 2.47. The molecule has 26 heavy (non-hydrogen) atoms. The third-order valence-electron chi connectivity index (χ3n) is 4.55. The summed E-state index contributed by atoms with van der Waals surface area (Å²) in [5.41, 5.74) is 1.43. The first-order chi connectivity index (χ1) is 12.1. The molecule has 0 radical (unpaired) electrons. The molecule has 0 saturated carbocycles. The van der Waals surface area contributed by atoms with Gasteiger partial charge in [0.15, 0.2) is 0 Å².